The highest BCUT2D eigenvalue weighted by atomic mass is 16.6. The molecule has 2 atom stereocenters. The molecule has 0 spiro atoms. The standard InChI is InChI=1S/C23H43N5O7/c1-22(2,3)34-19(31)11-10-15(27-18(30)14-24)13-17(29)28-16(20(25)32)9-7-8-12-26-21(33)35-23(4,5)6/h15-16H,7-14,24H2,1-6H3,(H2,25,32)(H,26,33)(H,27,30)(H,28,29)/t15-,16?/m0/s1. The summed E-state index contributed by atoms with van der Waals surface area (Å²) in [6.45, 7) is 10.6. The highest BCUT2D eigenvalue weighted by Gasteiger charge is 2.23. The Bertz CT molecular complexity index is 729. The molecule has 0 aromatic carbocycles. The minimum atomic E-state index is -0.916. The lowest BCUT2D eigenvalue weighted by Gasteiger charge is -2.22. The number of esters is 1. The first kappa shape index (κ1) is 32.1. The van der Waals surface area contributed by atoms with Gasteiger partial charge < -0.3 is 36.9 Å². The van der Waals surface area contributed by atoms with E-state index < -0.39 is 53.1 Å². The quantitative estimate of drug-likeness (QED) is 0.169. The number of nitrogens with two attached hydrogens (primary N) is 2. The number of alkyl carbamates (subject to hydrolysis) is 1. The normalized spacial score (nSPS) is 13.2. The Morgan fingerprint density at radius 1 is 0.829 bits per heavy atom. The second-order valence-corrected chi connectivity index (χ2v) is 10.2. The number of carbonyl (C=O) groups is 5. The minimum absolute atomic E-state index is 0.00996. The fraction of sp³-hybridized carbons (Fsp3) is 0.783. The summed E-state index contributed by atoms with van der Waals surface area (Å²) in [5.74, 6) is -2.14. The smallest absolute Gasteiger partial charge is 0.407 e. The van der Waals surface area contributed by atoms with Gasteiger partial charge in [0, 0.05) is 25.4 Å². The number of nitrogens with one attached hydrogen (secondary N) is 3. The van der Waals surface area contributed by atoms with Crippen LogP contribution in [-0.2, 0) is 28.7 Å². The molecule has 1 unspecified atom stereocenters. The number of carbonyl (C=O) groups excluding carboxylic acids is 5. The number of ether oxygens (including phenoxy) is 2. The van der Waals surface area contributed by atoms with Gasteiger partial charge in [-0.3, -0.25) is 19.2 Å². The molecule has 0 rings (SSSR count). The molecule has 0 bridgehead atoms. The zero-order valence-corrected chi connectivity index (χ0v) is 21.8. The maximum Gasteiger partial charge on any atom is 0.407 e. The second kappa shape index (κ2) is 15.2. The maximum atomic E-state index is 12.5. The Morgan fingerprint density at radius 3 is 1.94 bits per heavy atom. The molecular formula is C23H43N5O7. The molecule has 0 aliphatic heterocycles. The first-order valence-electron chi connectivity index (χ1n) is 11.8. The van der Waals surface area contributed by atoms with Crippen molar-refractivity contribution >= 4 is 29.8 Å². The molecule has 0 fully saturated rings. The predicted octanol–water partition coefficient (Wildman–Crippen LogP) is 0.607. The zero-order chi connectivity index (χ0) is 27.2. The van der Waals surface area contributed by atoms with E-state index in [0.29, 0.717) is 19.4 Å². The monoisotopic (exact) mass is 501 g/mol. The highest BCUT2D eigenvalue weighted by molar-refractivity contribution is 5.87. The Kier molecular flexibility index (Phi) is 13.9. The first-order chi connectivity index (χ1) is 16.0. The number of amides is 4. The molecule has 12 nitrogen and oxygen atoms in total. The van der Waals surface area contributed by atoms with Crippen LogP contribution in [0.25, 0.3) is 0 Å². The molecule has 0 saturated carbocycles. The maximum absolute atomic E-state index is 12.5. The fourth-order valence-electron chi connectivity index (χ4n) is 2.94. The summed E-state index contributed by atoms with van der Waals surface area (Å²) in [6.07, 6.45) is 0.775. The van der Waals surface area contributed by atoms with Crippen LogP contribution in [0.1, 0.15) is 80.1 Å². The summed E-state index contributed by atoms with van der Waals surface area (Å²) in [6, 6.07) is -1.59. The van der Waals surface area contributed by atoms with Crippen molar-refractivity contribution in [1.29, 1.82) is 0 Å². The van der Waals surface area contributed by atoms with E-state index in [0.717, 1.165) is 0 Å². The van der Waals surface area contributed by atoms with Crippen LogP contribution in [0, 0.1) is 0 Å². The number of rotatable bonds is 14. The van der Waals surface area contributed by atoms with E-state index in [9.17, 15) is 24.0 Å². The lowest BCUT2D eigenvalue weighted by Crippen LogP contribution is -2.47. The fourth-order valence-corrected chi connectivity index (χ4v) is 2.94. The van der Waals surface area contributed by atoms with E-state index in [1.54, 1.807) is 41.5 Å². The lowest BCUT2D eigenvalue weighted by atomic mass is 10.1. The molecule has 7 N–H and O–H groups in total. The number of hydrogen-bond acceptors (Lipinski definition) is 8. The zero-order valence-electron chi connectivity index (χ0n) is 21.8. The van der Waals surface area contributed by atoms with Gasteiger partial charge in [0.05, 0.1) is 6.54 Å². The third-order valence-corrected chi connectivity index (χ3v) is 4.37. The summed E-state index contributed by atoms with van der Waals surface area (Å²) in [7, 11) is 0. The van der Waals surface area contributed by atoms with Crippen molar-refractivity contribution in [2.24, 2.45) is 11.5 Å². The van der Waals surface area contributed by atoms with Gasteiger partial charge in [-0.25, -0.2) is 4.79 Å². The van der Waals surface area contributed by atoms with Crippen LogP contribution in [0.5, 0.6) is 0 Å². The van der Waals surface area contributed by atoms with Crippen LogP contribution >= 0.6 is 0 Å². The summed E-state index contributed by atoms with van der Waals surface area (Å²) in [5, 5.41) is 7.79. The molecular weight excluding hydrogens is 458 g/mol. The third-order valence-electron chi connectivity index (χ3n) is 4.37. The van der Waals surface area contributed by atoms with E-state index >= 15 is 0 Å². The molecule has 202 valence electrons. The van der Waals surface area contributed by atoms with Crippen molar-refractivity contribution < 1.29 is 33.4 Å². The molecule has 0 aliphatic rings. The van der Waals surface area contributed by atoms with Gasteiger partial charge in [-0.2, -0.15) is 0 Å². The van der Waals surface area contributed by atoms with E-state index in [4.69, 9.17) is 20.9 Å². The third kappa shape index (κ3) is 18.2. The van der Waals surface area contributed by atoms with Crippen LogP contribution in [0.15, 0.2) is 0 Å². The Balaban J connectivity index is 4.69. The lowest BCUT2D eigenvalue weighted by molar-refractivity contribution is -0.155. The van der Waals surface area contributed by atoms with E-state index in [-0.39, 0.29) is 32.2 Å². The summed E-state index contributed by atoms with van der Waals surface area (Å²) < 4.78 is 10.4. The predicted molar refractivity (Wildman–Crippen MR) is 130 cm³/mol. The molecule has 12 heteroatoms. The molecule has 0 saturated heterocycles. The largest absolute Gasteiger partial charge is 0.460 e. The summed E-state index contributed by atoms with van der Waals surface area (Å²) >= 11 is 0. The van der Waals surface area contributed by atoms with E-state index in [1.807, 2.05) is 0 Å². The topological polar surface area (TPSA) is 192 Å². The van der Waals surface area contributed by atoms with Crippen molar-refractivity contribution in [2.45, 2.75) is 103 Å². The Hall–Kier alpha value is -2.89. The van der Waals surface area contributed by atoms with Crippen molar-refractivity contribution in [3.8, 4) is 0 Å². The van der Waals surface area contributed by atoms with Crippen molar-refractivity contribution in [3.63, 3.8) is 0 Å². The molecule has 4 amide bonds. The van der Waals surface area contributed by atoms with E-state index in [2.05, 4.69) is 16.0 Å². The highest BCUT2D eigenvalue weighted by Crippen LogP contribution is 2.12. The van der Waals surface area contributed by atoms with Crippen LogP contribution in [0.4, 0.5) is 4.79 Å². The molecule has 0 aromatic heterocycles. The number of primary amides is 1. The van der Waals surface area contributed by atoms with Gasteiger partial charge in [0.2, 0.25) is 17.7 Å². The van der Waals surface area contributed by atoms with Crippen molar-refractivity contribution in [2.75, 3.05) is 13.1 Å². The average molecular weight is 502 g/mol. The SMILES string of the molecule is CC(C)(C)OC(=O)CC[C@@H](CC(=O)NC(CCCCNC(=O)OC(C)(C)C)C(N)=O)NC(=O)CN. The number of unbranched alkanes of at least 4 members (excludes halogenated alkanes) is 1. The van der Waals surface area contributed by atoms with Crippen LogP contribution in [0.3, 0.4) is 0 Å². The van der Waals surface area contributed by atoms with Gasteiger partial charge in [-0.05, 0) is 67.2 Å². The molecule has 0 heterocycles. The Morgan fingerprint density at radius 2 is 1.43 bits per heavy atom. The van der Waals surface area contributed by atoms with Crippen LogP contribution in [0.2, 0.25) is 0 Å². The van der Waals surface area contributed by atoms with Crippen molar-refractivity contribution in [1.82, 2.24) is 16.0 Å². The second-order valence-electron chi connectivity index (χ2n) is 10.2. The van der Waals surface area contributed by atoms with Crippen LogP contribution < -0.4 is 27.4 Å². The number of hydrogen-bond donors (Lipinski definition) is 5. The molecule has 0 radical (unpaired) electrons. The first-order valence-corrected chi connectivity index (χ1v) is 11.8. The van der Waals surface area contributed by atoms with Gasteiger partial charge in [0.1, 0.15) is 17.2 Å². The molecule has 0 aromatic rings. The van der Waals surface area contributed by atoms with Gasteiger partial charge in [-0.1, -0.05) is 0 Å². The average Bonchev–Trinajstić information content (AvgIpc) is 2.67. The molecule has 0 aliphatic carbocycles. The van der Waals surface area contributed by atoms with Crippen LogP contribution in [-0.4, -0.2) is 66.2 Å². The van der Waals surface area contributed by atoms with Crippen molar-refractivity contribution in [3.05, 3.63) is 0 Å². The minimum Gasteiger partial charge on any atom is -0.460 e. The van der Waals surface area contributed by atoms with Gasteiger partial charge in [0.15, 0.2) is 0 Å². The van der Waals surface area contributed by atoms with Gasteiger partial charge in [-0.15, -0.1) is 0 Å². The Labute approximate surface area is 207 Å². The van der Waals surface area contributed by atoms with Gasteiger partial charge >= 0.3 is 12.1 Å². The summed E-state index contributed by atoms with van der Waals surface area (Å²) in [5.41, 5.74) is 9.51. The summed E-state index contributed by atoms with van der Waals surface area (Å²) in [4.78, 5) is 59.7. The molecule has 35 heavy (non-hydrogen) atoms. The van der Waals surface area contributed by atoms with E-state index in [1.165, 1.54) is 0 Å². The van der Waals surface area contributed by atoms with Gasteiger partial charge in [0.25, 0.3) is 0 Å².